The lowest BCUT2D eigenvalue weighted by Gasteiger charge is -2.11. The van der Waals surface area contributed by atoms with Crippen LogP contribution >= 0.6 is 11.3 Å². The molecule has 5 heteroatoms. The quantitative estimate of drug-likeness (QED) is 0.748. The normalized spacial score (nSPS) is 22.1. The van der Waals surface area contributed by atoms with Gasteiger partial charge >= 0.3 is 0 Å². The van der Waals surface area contributed by atoms with Crippen molar-refractivity contribution in [3.8, 4) is 0 Å². The van der Waals surface area contributed by atoms with E-state index in [1.807, 2.05) is 13.8 Å². The van der Waals surface area contributed by atoms with E-state index >= 15 is 0 Å². The lowest BCUT2D eigenvalue weighted by atomic mass is 10.3. The van der Waals surface area contributed by atoms with Crippen LogP contribution in [-0.4, -0.2) is 23.5 Å². The van der Waals surface area contributed by atoms with Crippen LogP contribution in [-0.2, 0) is 4.79 Å². The van der Waals surface area contributed by atoms with E-state index in [4.69, 9.17) is 5.73 Å². The smallest absolute Gasteiger partial charge is 0.245 e. The maximum absolute atomic E-state index is 11.6. The van der Waals surface area contributed by atoms with Crippen LogP contribution in [0.5, 0.6) is 0 Å². The topological polar surface area (TPSA) is 59.2 Å². The van der Waals surface area contributed by atoms with Crippen LogP contribution in [0.2, 0.25) is 0 Å². The highest BCUT2D eigenvalue weighted by Crippen LogP contribution is 2.28. The summed E-state index contributed by atoms with van der Waals surface area (Å²) in [6.45, 7) is 4.67. The van der Waals surface area contributed by atoms with Crippen LogP contribution in [0.3, 0.4) is 0 Å². The van der Waals surface area contributed by atoms with E-state index in [2.05, 4.69) is 4.98 Å². The fourth-order valence-electron chi connectivity index (χ4n) is 1.46. The van der Waals surface area contributed by atoms with Crippen molar-refractivity contribution in [1.82, 2.24) is 4.98 Å². The monoisotopic (exact) mass is 211 g/mol. The number of amides is 1. The third-order valence-corrected chi connectivity index (χ3v) is 3.59. The Morgan fingerprint density at radius 3 is 2.71 bits per heavy atom. The fraction of sp³-hybridized carbons (Fsp3) is 0.556. The van der Waals surface area contributed by atoms with Gasteiger partial charge in [0.05, 0.1) is 11.7 Å². The second-order valence-corrected chi connectivity index (χ2v) is 4.70. The van der Waals surface area contributed by atoms with Crippen molar-refractivity contribution in [3.63, 3.8) is 0 Å². The highest BCUT2D eigenvalue weighted by molar-refractivity contribution is 7.15. The lowest BCUT2D eigenvalue weighted by Crippen LogP contribution is -2.33. The second-order valence-electron chi connectivity index (χ2n) is 3.52. The lowest BCUT2D eigenvalue weighted by molar-refractivity contribution is -0.118. The molecule has 0 saturated carbocycles. The molecule has 1 aromatic heterocycles. The minimum atomic E-state index is -0.334. The van der Waals surface area contributed by atoms with Crippen LogP contribution in [0.1, 0.15) is 17.0 Å². The summed E-state index contributed by atoms with van der Waals surface area (Å²) in [5.41, 5.74) is 6.63. The summed E-state index contributed by atoms with van der Waals surface area (Å²) >= 11 is 1.56. The molecule has 0 aromatic carbocycles. The maximum atomic E-state index is 11.6. The first-order chi connectivity index (χ1) is 6.59. The van der Waals surface area contributed by atoms with Crippen molar-refractivity contribution in [2.45, 2.75) is 26.3 Å². The van der Waals surface area contributed by atoms with E-state index in [0.717, 1.165) is 22.1 Å². The average Bonchev–Trinajstić information content (AvgIpc) is 2.61. The standard InChI is InChI=1S/C9H13N3OS/c1-5-6(2)14-9(11-5)12-4-3-7(10)8(12)13/h7H,3-4,10H2,1-2H3. The third-order valence-electron chi connectivity index (χ3n) is 2.50. The summed E-state index contributed by atoms with van der Waals surface area (Å²) in [7, 11) is 0. The minimum absolute atomic E-state index is 0.00116. The van der Waals surface area contributed by atoms with E-state index in [1.165, 1.54) is 0 Å². The van der Waals surface area contributed by atoms with Gasteiger partial charge in [0.15, 0.2) is 5.13 Å². The summed E-state index contributed by atoms with van der Waals surface area (Å²) in [5.74, 6) is -0.00116. The maximum Gasteiger partial charge on any atom is 0.245 e. The molecule has 2 rings (SSSR count). The summed E-state index contributed by atoms with van der Waals surface area (Å²) in [5, 5.41) is 0.790. The first-order valence-electron chi connectivity index (χ1n) is 4.60. The Morgan fingerprint density at radius 1 is 1.57 bits per heavy atom. The molecule has 0 radical (unpaired) electrons. The Hall–Kier alpha value is -0.940. The summed E-state index contributed by atoms with van der Waals surface area (Å²) in [6.07, 6.45) is 0.733. The van der Waals surface area contributed by atoms with E-state index in [-0.39, 0.29) is 11.9 Å². The zero-order valence-corrected chi connectivity index (χ0v) is 9.10. The Labute approximate surface area is 86.7 Å². The Balaban J connectivity index is 2.28. The van der Waals surface area contributed by atoms with E-state index in [9.17, 15) is 4.79 Å². The van der Waals surface area contributed by atoms with Gasteiger partial charge < -0.3 is 5.73 Å². The zero-order valence-electron chi connectivity index (χ0n) is 8.28. The van der Waals surface area contributed by atoms with Crippen LogP contribution in [0.25, 0.3) is 0 Å². The molecule has 1 aliphatic heterocycles. The number of anilines is 1. The molecule has 1 unspecified atom stereocenters. The molecule has 2 N–H and O–H groups in total. The van der Waals surface area contributed by atoms with Gasteiger partial charge in [0.25, 0.3) is 0 Å². The molecule has 2 heterocycles. The number of aromatic nitrogens is 1. The Morgan fingerprint density at radius 2 is 2.29 bits per heavy atom. The van der Waals surface area contributed by atoms with Crippen molar-refractivity contribution < 1.29 is 4.79 Å². The number of nitrogens with zero attached hydrogens (tertiary/aromatic N) is 2. The molecule has 1 fully saturated rings. The predicted molar refractivity (Wildman–Crippen MR) is 56.5 cm³/mol. The van der Waals surface area contributed by atoms with Crippen molar-refractivity contribution in [2.75, 3.05) is 11.4 Å². The van der Waals surface area contributed by atoms with Crippen molar-refractivity contribution >= 4 is 22.4 Å². The number of carbonyl (C=O) groups excluding carboxylic acids is 1. The average molecular weight is 211 g/mol. The van der Waals surface area contributed by atoms with Crippen molar-refractivity contribution in [2.24, 2.45) is 5.73 Å². The van der Waals surface area contributed by atoms with E-state index in [1.54, 1.807) is 16.2 Å². The number of rotatable bonds is 1. The van der Waals surface area contributed by atoms with Gasteiger partial charge in [0, 0.05) is 11.4 Å². The highest BCUT2D eigenvalue weighted by atomic mass is 32.1. The molecule has 14 heavy (non-hydrogen) atoms. The molecule has 1 aromatic rings. The van der Waals surface area contributed by atoms with Crippen molar-refractivity contribution in [1.29, 1.82) is 0 Å². The second kappa shape index (κ2) is 3.33. The van der Waals surface area contributed by atoms with Crippen LogP contribution in [0.4, 0.5) is 5.13 Å². The number of nitrogens with two attached hydrogens (primary N) is 1. The molecular weight excluding hydrogens is 198 g/mol. The molecule has 1 amide bonds. The molecule has 4 nitrogen and oxygen atoms in total. The third kappa shape index (κ3) is 1.42. The molecule has 1 saturated heterocycles. The van der Waals surface area contributed by atoms with E-state index in [0.29, 0.717) is 6.54 Å². The largest absolute Gasteiger partial charge is 0.320 e. The van der Waals surface area contributed by atoms with Gasteiger partial charge in [-0.15, -0.1) is 11.3 Å². The number of thiazole rings is 1. The molecule has 76 valence electrons. The zero-order chi connectivity index (χ0) is 10.3. The van der Waals surface area contributed by atoms with Gasteiger partial charge in [-0.1, -0.05) is 0 Å². The summed E-state index contributed by atoms with van der Waals surface area (Å²) in [4.78, 5) is 18.8. The molecule has 1 atom stereocenters. The first-order valence-corrected chi connectivity index (χ1v) is 5.42. The Bertz CT molecular complexity index is 355. The Kier molecular flexibility index (Phi) is 2.28. The minimum Gasteiger partial charge on any atom is -0.320 e. The van der Waals surface area contributed by atoms with Crippen LogP contribution in [0, 0.1) is 13.8 Å². The molecule has 0 aliphatic carbocycles. The van der Waals surface area contributed by atoms with Gasteiger partial charge in [-0.3, -0.25) is 9.69 Å². The van der Waals surface area contributed by atoms with Gasteiger partial charge in [-0.05, 0) is 20.3 Å². The summed E-state index contributed by atoms with van der Waals surface area (Å²) in [6, 6.07) is -0.334. The SMILES string of the molecule is Cc1nc(N2CCC(N)C2=O)sc1C. The number of aryl methyl sites for hydroxylation is 2. The summed E-state index contributed by atoms with van der Waals surface area (Å²) < 4.78 is 0. The van der Waals surface area contributed by atoms with Crippen LogP contribution in [0.15, 0.2) is 0 Å². The van der Waals surface area contributed by atoms with E-state index < -0.39 is 0 Å². The number of hydrogen-bond donors (Lipinski definition) is 1. The van der Waals surface area contributed by atoms with Gasteiger partial charge in [-0.25, -0.2) is 4.98 Å². The number of hydrogen-bond acceptors (Lipinski definition) is 4. The molecular formula is C9H13N3OS. The van der Waals surface area contributed by atoms with Crippen LogP contribution < -0.4 is 10.6 Å². The highest BCUT2D eigenvalue weighted by Gasteiger charge is 2.31. The fourth-order valence-corrected chi connectivity index (χ4v) is 2.40. The predicted octanol–water partition coefficient (Wildman–Crippen LogP) is 0.824. The molecule has 0 spiro atoms. The van der Waals surface area contributed by atoms with Crippen molar-refractivity contribution in [3.05, 3.63) is 10.6 Å². The molecule has 1 aliphatic rings. The first kappa shape index (κ1) is 9.61. The van der Waals surface area contributed by atoms with Gasteiger partial charge in [-0.2, -0.15) is 0 Å². The molecule has 0 bridgehead atoms. The van der Waals surface area contributed by atoms with Gasteiger partial charge in [0.1, 0.15) is 0 Å². The van der Waals surface area contributed by atoms with Gasteiger partial charge in [0.2, 0.25) is 5.91 Å². The number of carbonyl (C=O) groups is 1.